The maximum atomic E-state index is 13.1. The monoisotopic (exact) mass is 448 g/mol. The zero-order valence-corrected chi connectivity index (χ0v) is 19.3. The molecular formula is C25H28N4O4. The maximum absolute atomic E-state index is 13.1. The minimum Gasteiger partial charge on any atom is -0.497 e. The summed E-state index contributed by atoms with van der Waals surface area (Å²) in [5, 5.41) is 6.15. The molecule has 8 heteroatoms. The number of hydrogen-bond donors (Lipinski definition) is 2. The van der Waals surface area contributed by atoms with E-state index in [2.05, 4.69) is 34.2 Å². The van der Waals surface area contributed by atoms with Gasteiger partial charge in [0.2, 0.25) is 5.78 Å². The Hall–Kier alpha value is -3.78. The first-order valence-corrected chi connectivity index (χ1v) is 10.8. The van der Waals surface area contributed by atoms with Gasteiger partial charge in [-0.1, -0.05) is 0 Å². The number of nitrogens with one attached hydrogen (secondary N) is 2. The third kappa shape index (κ3) is 4.70. The molecule has 0 unspecified atom stereocenters. The van der Waals surface area contributed by atoms with Gasteiger partial charge in [0.25, 0.3) is 0 Å². The van der Waals surface area contributed by atoms with Crippen molar-refractivity contribution in [3.63, 3.8) is 0 Å². The number of hydrogen-bond acceptors (Lipinski definition) is 5. The molecule has 0 spiro atoms. The van der Waals surface area contributed by atoms with Gasteiger partial charge in [-0.3, -0.25) is 4.79 Å². The molecular weight excluding hydrogens is 420 g/mol. The van der Waals surface area contributed by atoms with Gasteiger partial charge >= 0.3 is 6.03 Å². The van der Waals surface area contributed by atoms with Gasteiger partial charge in [0.15, 0.2) is 5.76 Å². The van der Waals surface area contributed by atoms with Crippen LogP contribution < -0.4 is 20.1 Å². The van der Waals surface area contributed by atoms with Crippen molar-refractivity contribution in [2.24, 2.45) is 0 Å². The Morgan fingerprint density at radius 3 is 2.76 bits per heavy atom. The summed E-state index contributed by atoms with van der Waals surface area (Å²) in [5.74, 6) is 1.25. The zero-order valence-electron chi connectivity index (χ0n) is 19.3. The molecule has 2 N–H and O–H groups in total. The molecule has 3 aromatic rings. The molecule has 1 aliphatic rings. The normalized spacial score (nSPS) is 14.0. The van der Waals surface area contributed by atoms with Crippen molar-refractivity contribution in [2.75, 3.05) is 40.1 Å². The van der Waals surface area contributed by atoms with E-state index in [4.69, 9.17) is 9.47 Å². The van der Waals surface area contributed by atoms with Gasteiger partial charge in [-0.05, 0) is 69.5 Å². The summed E-state index contributed by atoms with van der Waals surface area (Å²) < 4.78 is 13.5. The molecule has 1 aromatic heterocycles. The van der Waals surface area contributed by atoms with Crippen molar-refractivity contribution in [3.05, 3.63) is 59.5 Å². The van der Waals surface area contributed by atoms with Crippen molar-refractivity contribution in [2.45, 2.75) is 13.0 Å². The highest BCUT2D eigenvalue weighted by Gasteiger charge is 2.28. The summed E-state index contributed by atoms with van der Waals surface area (Å²) in [4.78, 5) is 26.8. The van der Waals surface area contributed by atoms with Crippen LogP contribution >= 0.6 is 0 Å². The number of benzene rings is 2. The second-order valence-corrected chi connectivity index (χ2v) is 8.17. The molecule has 0 aliphatic carbocycles. The molecule has 172 valence electrons. The Labute approximate surface area is 192 Å². The predicted octanol–water partition coefficient (Wildman–Crippen LogP) is 3.97. The largest absolute Gasteiger partial charge is 0.497 e. The second kappa shape index (κ2) is 9.38. The third-order valence-electron chi connectivity index (χ3n) is 5.56. The molecule has 2 aromatic carbocycles. The van der Waals surface area contributed by atoms with E-state index in [-0.39, 0.29) is 17.6 Å². The van der Waals surface area contributed by atoms with Crippen LogP contribution in [0.15, 0.2) is 48.4 Å². The quantitative estimate of drug-likeness (QED) is 0.535. The number of ether oxygens (including phenoxy) is 2. The van der Waals surface area contributed by atoms with Gasteiger partial charge in [-0.15, -0.1) is 0 Å². The summed E-state index contributed by atoms with van der Waals surface area (Å²) in [7, 11) is 7.29. The van der Waals surface area contributed by atoms with E-state index in [0.29, 0.717) is 17.0 Å². The molecule has 33 heavy (non-hydrogen) atoms. The lowest BCUT2D eigenvalue weighted by Crippen LogP contribution is -2.24. The van der Waals surface area contributed by atoms with Crippen LogP contribution in [-0.2, 0) is 6.54 Å². The van der Waals surface area contributed by atoms with Gasteiger partial charge in [0.05, 0.1) is 12.7 Å². The molecule has 0 atom stereocenters. The number of urea groups is 1. The lowest BCUT2D eigenvalue weighted by atomic mass is 10.1. The van der Waals surface area contributed by atoms with E-state index < -0.39 is 0 Å². The first-order valence-electron chi connectivity index (χ1n) is 10.8. The molecule has 0 fully saturated rings. The lowest BCUT2D eigenvalue weighted by Gasteiger charge is -2.10. The van der Waals surface area contributed by atoms with Crippen LogP contribution in [0.25, 0.3) is 17.0 Å². The highest BCUT2D eigenvalue weighted by atomic mass is 16.5. The summed E-state index contributed by atoms with van der Waals surface area (Å²) in [6, 6.07) is 10.6. The van der Waals surface area contributed by atoms with E-state index in [0.717, 1.165) is 41.7 Å². The van der Waals surface area contributed by atoms with E-state index >= 15 is 0 Å². The smallest absolute Gasteiger partial charge is 0.318 e. The Balaban J connectivity index is 1.67. The number of ketones is 1. The van der Waals surface area contributed by atoms with Crippen LogP contribution in [0.2, 0.25) is 0 Å². The molecule has 0 radical (unpaired) electrons. The van der Waals surface area contributed by atoms with Crippen LogP contribution in [0.5, 0.6) is 11.5 Å². The maximum Gasteiger partial charge on any atom is 0.318 e. The summed E-state index contributed by atoms with van der Waals surface area (Å²) in [6.45, 7) is 1.84. The van der Waals surface area contributed by atoms with Crippen LogP contribution in [0.3, 0.4) is 0 Å². The van der Waals surface area contributed by atoms with E-state index in [1.54, 1.807) is 31.4 Å². The van der Waals surface area contributed by atoms with Crippen LogP contribution in [0.1, 0.15) is 22.3 Å². The number of carbonyl (C=O) groups is 2. The number of allylic oxidation sites excluding steroid dienone is 1. The van der Waals surface area contributed by atoms with Crippen LogP contribution in [-0.4, -0.2) is 56.1 Å². The number of anilines is 1. The molecule has 1 aliphatic heterocycles. The minimum absolute atomic E-state index is 0.220. The van der Waals surface area contributed by atoms with E-state index in [1.807, 2.05) is 24.4 Å². The average Bonchev–Trinajstić information content (AvgIpc) is 3.30. The molecule has 2 amide bonds. The number of amides is 2. The Bertz CT molecular complexity index is 1240. The number of fused-ring (bicyclic) bond motifs is 2. The Kier molecular flexibility index (Phi) is 6.37. The standard InChI is InChI=1S/C25H28N4O4/c1-26-25(31)27-17-6-9-22-20(13-17)24(30)23(33-22)12-16-15-29(11-5-10-28(2)3)21-8-7-18(32-4)14-19(16)21/h6-9,12-15H,5,10-11H2,1-4H3,(H2,26,27,31)/b23-12-. The van der Waals surface area contributed by atoms with Crippen molar-refractivity contribution < 1.29 is 19.1 Å². The van der Waals surface area contributed by atoms with Crippen molar-refractivity contribution in [1.82, 2.24) is 14.8 Å². The lowest BCUT2D eigenvalue weighted by molar-refractivity contribution is 0.101. The molecule has 0 bridgehead atoms. The highest BCUT2D eigenvalue weighted by Crippen LogP contribution is 2.35. The number of rotatable bonds is 7. The second-order valence-electron chi connectivity index (χ2n) is 8.17. The summed E-state index contributed by atoms with van der Waals surface area (Å²) in [6.07, 6.45) is 4.82. The summed E-state index contributed by atoms with van der Waals surface area (Å²) in [5.41, 5.74) is 2.89. The SMILES string of the molecule is CNC(=O)Nc1ccc2c(c1)C(=O)/C(=C/c1cn(CCCN(C)C)c3ccc(OC)cc13)O2. The number of carbonyl (C=O) groups excluding carboxylic acids is 2. The average molecular weight is 449 g/mol. The number of nitrogens with zero attached hydrogens (tertiary/aromatic N) is 2. The van der Waals surface area contributed by atoms with Crippen molar-refractivity contribution >= 4 is 34.5 Å². The number of aryl methyl sites for hydroxylation is 1. The van der Waals surface area contributed by atoms with Crippen LogP contribution in [0.4, 0.5) is 10.5 Å². The van der Waals surface area contributed by atoms with Gasteiger partial charge in [0.1, 0.15) is 11.5 Å². The molecule has 8 nitrogen and oxygen atoms in total. The molecule has 2 heterocycles. The zero-order chi connectivity index (χ0) is 23.5. The fraction of sp³-hybridized carbons (Fsp3) is 0.280. The Morgan fingerprint density at radius 1 is 1.21 bits per heavy atom. The van der Waals surface area contributed by atoms with E-state index in [1.165, 1.54) is 7.05 Å². The number of aromatic nitrogens is 1. The fourth-order valence-corrected chi connectivity index (χ4v) is 3.89. The van der Waals surface area contributed by atoms with Gasteiger partial charge in [0, 0.05) is 41.9 Å². The minimum atomic E-state index is -0.354. The summed E-state index contributed by atoms with van der Waals surface area (Å²) >= 11 is 0. The van der Waals surface area contributed by atoms with Crippen molar-refractivity contribution in [3.8, 4) is 11.5 Å². The topological polar surface area (TPSA) is 84.8 Å². The van der Waals surface area contributed by atoms with Gasteiger partial charge < -0.3 is 29.6 Å². The molecule has 0 saturated carbocycles. The van der Waals surface area contributed by atoms with Crippen molar-refractivity contribution in [1.29, 1.82) is 0 Å². The Morgan fingerprint density at radius 2 is 2.03 bits per heavy atom. The molecule has 0 saturated heterocycles. The van der Waals surface area contributed by atoms with E-state index in [9.17, 15) is 9.59 Å². The van der Waals surface area contributed by atoms with Gasteiger partial charge in [-0.25, -0.2) is 4.79 Å². The first kappa shape index (κ1) is 22.4. The van der Waals surface area contributed by atoms with Crippen LogP contribution in [0, 0.1) is 0 Å². The first-order chi connectivity index (χ1) is 15.9. The number of methoxy groups -OCH3 is 1. The fourth-order valence-electron chi connectivity index (χ4n) is 3.89. The molecule has 4 rings (SSSR count). The highest BCUT2D eigenvalue weighted by molar-refractivity contribution is 6.15. The predicted molar refractivity (Wildman–Crippen MR) is 129 cm³/mol. The number of Topliss-reactive ketones (excluding diaryl/α,β-unsaturated/α-hetero) is 1. The van der Waals surface area contributed by atoms with Gasteiger partial charge in [-0.2, -0.15) is 0 Å². The third-order valence-corrected chi connectivity index (χ3v) is 5.56.